The van der Waals surface area contributed by atoms with Crippen LogP contribution in [0.5, 0.6) is 11.6 Å². The zero-order chi connectivity index (χ0) is 21.7. The van der Waals surface area contributed by atoms with E-state index in [1.54, 1.807) is 24.3 Å². The molecule has 0 bridgehead atoms. The number of pyridine rings is 1. The van der Waals surface area contributed by atoms with Crippen molar-refractivity contribution in [3.8, 4) is 17.7 Å². The number of aryl methyl sites for hydroxylation is 1. The van der Waals surface area contributed by atoms with Gasteiger partial charge in [-0.1, -0.05) is 46.3 Å². The van der Waals surface area contributed by atoms with Crippen LogP contribution in [0.15, 0.2) is 63.9 Å². The van der Waals surface area contributed by atoms with Gasteiger partial charge in [-0.05, 0) is 48.7 Å². The highest BCUT2D eigenvalue weighted by atomic mass is 79.9. The first-order chi connectivity index (χ1) is 14.4. The van der Waals surface area contributed by atoms with Crippen LogP contribution in [0.4, 0.5) is 0 Å². The minimum Gasteiger partial charge on any atom is -0.494 e. The minimum atomic E-state index is -0.617. The van der Waals surface area contributed by atoms with Crippen LogP contribution in [0.1, 0.15) is 27.0 Å². The molecule has 0 saturated carbocycles. The van der Waals surface area contributed by atoms with Gasteiger partial charge in [0.15, 0.2) is 6.61 Å². The number of rotatable bonds is 7. The van der Waals surface area contributed by atoms with Crippen LogP contribution in [0.3, 0.4) is 0 Å². The van der Waals surface area contributed by atoms with Crippen molar-refractivity contribution < 1.29 is 14.6 Å². The molecule has 0 radical (unpaired) electrons. The number of ether oxygens (including phenoxy) is 1. The number of aromatic hydroxyl groups is 1. The zero-order valence-corrected chi connectivity index (χ0v) is 17.8. The zero-order valence-electron chi connectivity index (χ0n) is 16.3. The van der Waals surface area contributed by atoms with Crippen LogP contribution < -0.4 is 10.3 Å². The fraction of sp³-hybridized carbons (Fsp3) is 0.174. The molecule has 0 amide bonds. The predicted octanol–water partition coefficient (Wildman–Crippen LogP) is 4.00. The summed E-state index contributed by atoms with van der Waals surface area (Å²) in [5.74, 6) is -0.476. The Bertz CT molecular complexity index is 1160. The van der Waals surface area contributed by atoms with Crippen LogP contribution in [0, 0.1) is 18.3 Å². The SMILES string of the molecule is Cc1c(C(=O)COc2ccc(Br)cc2)c(O)n(CCc2ccccc2)c(=O)c1C#N. The Labute approximate surface area is 182 Å². The van der Waals surface area contributed by atoms with Crippen molar-refractivity contribution >= 4 is 21.7 Å². The Morgan fingerprint density at radius 2 is 1.83 bits per heavy atom. The average Bonchev–Trinajstić information content (AvgIpc) is 2.74. The second-order valence-electron chi connectivity index (χ2n) is 6.67. The van der Waals surface area contributed by atoms with Crippen LogP contribution in [-0.2, 0) is 13.0 Å². The van der Waals surface area contributed by atoms with Crippen LogP contribution in [0.25, 0.3) is 0 Å². The Kier molecular flexibility index (Phi) is 6.70. The number of hydrogen-bond acceptors (Lipinski definition) is 5. The van der Waals surface area contributed by atoms with Crippen molar-refractivity contribution in [2.45, 2.75) is 19.9 Å². The van der Waals surface area contributed by atoms with Crippen molar-refractivity contribution in [3.05, 3.63) is 91.7 Å². The van der Waals surface area contributed by atoms with E-state index in [0.717, 1.165) is 14.6 Å². The van der Waals surface area contributed by atoms with Gasteiger partial charge in [0.1, 0.15) is 17.4 Å². The van der Waals surface area contributed by atoms with Crippen molar-refractivity contribution in [3.63, 3.8) is 0 Å². The topological polar surface area (TPSA) is 92.3 Å². The highest BCUT2D eigenvalue weighted by molar-refractivity contribution is 9.10. The van der Waals surface area contributed by atoms with E-state index in [1.165, 1.54) is 6.92 Å². The molecule has 152 valence electrons. The lowest BCUT2D eigenvalue weighted by Crippen LogP contribution is -2.28. The monoisotopic (exact) mass is 466 g/mol. The van der Waals surface area contributed by atoms with Gasteiger partial charge in [-0.2, -0.15) is 5.26 Å². The van der Waals surface area contributed by atoms with Gasteiger partial charge in [0.2, 0.25) is 11.7 Å². The second-order valence-corrected chi connectivity index (χ2v) is 7.58. The molecule has 1 aromatic heterocycles. The first-order valence-corrected chi connectivity index (χ1v) is 10.0. The summed E-state index contributed by atoms with van der Waals surface area (Å²) >= 11 is 3.32. The Hall–Kier alpha value is -3.37. The summed E-state index contributed by atoms with van der Waals surface area (Å²) in [6, 6.07) is 18.3. The molecule has 1 N–H and O–H groups in total. The standard InChI is InChI=1S/C23H19BrN2O4/c1-15-19(13-25)22(28)26(12-11-16-5-3-2-4-6-16)23(29)21(15)20(27)14-30-18-9-7-17(24)8-10-18/h2-10,29H,11-12,14H2,1H3. The molecule has 0 saturated heterocycles. The van der Waals surface area contributed by atoms with Gasteiger partial charge in [-0.3, -0.25) is 14.2 Å². The first kappa shape index (κ1) is 21.3. The molecule has 0 aliphatic heterocycles. The number of carbonyl (C=O) groups excluding carboxylic acids is 1. The molecule has 3 aromatic rings. The Morgan fingerprint density at radius 1 is 1.17 bits per heavy atom. The number of aromatic nitrogens is 1. The average molecular weight is 467 g/mol. The summed E-state index contributed by atoms with van der Waals surface area (Å²) in [6.07, 6.45) is 0.464. The third-order valence-electron chi connectivity index (χ3n) is 4.73. The molecule has 0 aliphatic carbocycles. The van der Waals surface area contributed by atoms with Crippen LogP contribution >= 0.6 is 15.9 Å². The van der Waals surface area contributed by atoms with Crippen molar-refractivity contribution in [1.82, 2.24) is 4.57 Å². The van der Waals surface area contributed by atoms with Gasteiger partial charge in [0.25, 0.3) is 5.56 Å². The van der Waals surface area contributed by atoms with Crippen molar-refractivity contribution in [2.24, 2.45) is 0 Å². The molecule has 0 atom stereocenters. The number of ketones is 1. The van der Waals surface area contributed by atoms with Crippen molar-refractivity contribution in [2.75, 3.05) is 6.61 Å². The van der Waals surface area contributed by atoms with Gasteiger partial charge >= 0.3 is 0 Å². The molecule has 0 aliphatic rings. The van der Waals surface area contributed by atoms with E-state index in [9.17, 15) is 20.0 Å². The van der Waals surface area contributed by atoms with E-state index in [1.807, 2.05) is 36.4 Å². The molecule has 30 heavy (non-hydrogen) atoms. The summed E-state index contributed by atoms with van der Waals surface area (Å²) in [7, 11) is 0. The van der Waals surface area contributed by atoms with Crippen molar-refractivity contribution in [1.29, 1.82) is 5.26 Å². The van der Waals surface area contributed by atoms with E-state index in [4.69, 9.17) is 4.74 Å². The third kappa shape index (κ3) is 4.61. The van der Waals surface area contributed by atoms with E-state index in [2.05, 4.69) is 15.9 Å². The Morgan fingerprint density at radius 3 is 2.47 bits per heavy atom. The predicted molar refractivity (Wildman–Crippen MR) is 116 cm³/mol. The fourth-order valence-corrected chi connectivity index (χ4v) is 3.39. The highest BCUT2D eigenvalue weighted by Gasteiger charge is 2.24. The summed E-state index contributed by atoms with van der Waals surface area (Å²) in [6.45, 7) is 1.28. The summed E-state index contributed by atoms with van der Waals surface area (Å²) < 4.78 is 7.46. The lowest BCUT2D eigenvalue weighted by molar-refractivity contribution is 0.0916. The molecule has 7 heteroatoms. The summed E-state index contributed by atoms with van der Waals surface area (Å²) in [5, 5.41) is 20.2. The molecular weight excluding hydrogens is 448 g/mol. The summed E-state index contributed by atoms with van der Waals surface area (Å²) in [4.78, 5) is 25.5. The fourth-order valence-electron chi connectivity index (χ4n) is 3.13. The number of hydrogen-bond donors (Lipinski definition) is 1. The minimum absolute atomic E-state index is 0.0728. The number of nitrogens with zero attached hydrogens (tertiary/aromatic N) is 2. The van der Waals surface area contributed by atoms with E-state index in [0.29, 0.717) is 12.2 Å². The number of halogens is 1. The lowest BCUT2D eigenvalue weighted by Gasteiger charge is -2.16. The molecule has 6 nitrogen and oxygen atoms in total. The number of nitriles is 1. The molecular formula is C23H19BrN2O4. The van der Waals surface area contributed by atoms with E-state index >= 15 is 0 Å². The number of carbonyl (C=O) groups is 1. The largest absolute Gasteiger partial charge is 0.494 e. The van der Waals surface area contributed by atoms with Gasteiger partial charge in [0.05, 0.1) is 5.56 Å². The lowest BCUT2D eigenvalue weighted by atomic mass is 10.0. The maximum absolute atomic E-state index is 12.8. The van der Waals surface area contributed by atoms with Gasteiger partial charge in [0, 0.05) is 11.0 Å². The molecule has 0 unspecified atom stereocenters. The summed E-state index contributed by atoms with van der Waals surface area (Å²) in [5.41, 5.74) is 0.271. The number of benzene rings is 2. The van der Waals surface area contributed by atoms with Gasteiger partial charge in [-0.25, -0.2) is 0 Å². The number of Topliss-reactive ketones (excluding diaryl/α,β-unsaturated/α-hetero) is 1. The molecule has 0 spiro atoms. The maximum atomic E-state index is 12.8. The molecule has 3 rings (SSSR count). The van der Waals surface area contributed by atoms with E-state index in [-0.39, 0.29) is 29.8 Å². The maximum Gasteiger partial charge on any atom is 0.271 e. The van der Waals surface area contributed by atoms with Gasteiger partial charge in [-0.15, -0.1) is 0 Å². The van der Waals surface area contributed by atoms with Crippen LogP contribution in [0.2, 0.25) is 0 Å². The van der Waals surface area contributed by atoms with Crippen LogP contribution in [-0.4, -0.2) is 22.1 Å². The first-order valence-electron chi connectivity index (χ1n) is 9.24. The third-order valence-corrected chi connectivity index (χ3v) is 5.26. The second kappa shape index (κ2) is 9.42. The highest BCUT2D eigenvalue weighted by Crippen LogP contribution is 2.23. The normalized spacial score (nSPS) is 10.4. The molecule has 0 fully saturated rings. The molecule has 1 heterocycles. The quantitative estimate of drug-likeness (QED) is 0.531. The molecule has 2 aromatic carbocycles. The van der Waals surface area contributed by atoms with E-state index < -0.39 is 17.2 Å². The Balaban J connectivity index is 1.90. The van der Waals surface area contributed by atoms with Gasteiger partial charge < -0.3 is 9.84 Å². The smallest absolute Gasteiger partial charge is 0.271 e.